The van der Waals surface area contributed by atoms with Gasteiger partial charge in [-0.15, -0.1) is 0 Å². The summed E-state index contributed by atoms with van der Waals surface area (Å²) in [6.45, 7) is 1.96. The van der Waals surface area contributed by atoms with Crippen LogP contribution in [0.4, 0.5) is 0 Å². The Morgan fingerprint density at radius 1 is 1.15 bits per heavy atom. The summed E-state index contributed by atoms with van der Waals surface area (Å²) >= 11 is 12.0. The van der Waals surface area contributed by atoms with Gasteiger partial charge in [0.25, 0.3) is 0 Å². The molecule has 1 nitrogen and oxygen atoms in total. The van der Waals surface area contributed by atoms with Gasteiger partial charge in [0, 0.05) is 28.2 Å². The van der Waals surface area contributed by atoms with Crippen LogP contribution < -0.4 is 0 Å². The molecule has 0 aliphatic heterocycles. The number of nitrogens with zero attached hydrogens (tertiary/aromatic N) is 1. The van der Waals surface area contributed by atoms with E-state index in [2.05, 4.69) is 4.98 Å². The number of rotatable bonds is 0. The first-order chi connectivity index (χ1) is 6.20. The molecule has 0 unspecified atom stereocenters. The number of halogens is 2. The average Bonchev–Trinajstić information content (AvgIpc) is 2.15. The molecular weight excluding hydrogens is 205 g/mol. The summed E-state index contributed by atoms with van der Waals surface area (Å²) in [5, 5.41) is 3.37. The highest BCUT2D eigenvalue weighted by Gasteiger charge is 2.05. The molecule has 0 radical (unpaired) electrons. The highest BCUT2D eigenvalue weighted by atomic mass is 35.5. The molecule has 0 atom stereocenters. The van der Waals surface area contributed by atoms with Crippen LogP contribution in [0.5, 0.6) is 0 Å². The Morgan fingerprint density at radius 3 is 2.69 bits per heavy atom. The number of hydrogen-bond acceptors (Lipinski definition) is 1. The number of hydrogen-bond donors (Lipinski definition) is 0. The third kappa shape index (κ3) is 1.38. The molecule has 0 aliphatic rings. The van der Waals surface area contributed by atoms with Crippen molar-refractivity contribution in [2.24, 2.45) is 0 Å². The molecule has 0 aliphatic carbocycles. The molecule has 66 valence electrons. The zero-order valence-electron chi connectivity index (χ0n) is 7.01. The summed E-state index contributed by atoms with van der Waals surface area (Å²) in [7, 11) is 0. The van der Waals surface area contributed by atoms with Crippen LogP contribution in [0.15, 0.2) is 24.5 Å². The molecule has 1 heterocycles. The number of benzene rings is 1. The second-order valence-electron chi connectivity index (χ2n) is 2.89. The van der Waals surface area contributed by atoms with Gasteiger partial charge in [0.15, 0.2) is 0 Å². The fraction of sp³-hybridized carbons (Fsp3) is 0.100. The van der Waals surface area contributed by atoms with Gasteiger partial charge in [-0.1, -0.05) is 23.2 Å². The molecule has 0 saturated heterocycles. The summed E-state index contributed by atoms with van der Waals surface area (Å²) in [6.07, 6.45) is 3.50. The Bertz CT molecular complexity index is 466. The van der Waals surface area contributed by atoms with E-state index in [0.29, 0.717) is 10.0 Å². The smallest absolute Gasteiger partial charge is 0.0500 e. The summed E-state index contributed by atoms with van der Waals surface area (Å²) < 4.78 is 0. The maximum Gasteiger partial charge on any atom is 0.0500 e. The number of aromatic nitrogens is 1. The Kier molecular flexibility index (Phi) is 2.14. The Hall–Kier alpha value is -0.790. The van der Waals surface area contributed by atoms with Crippen molar-refractivity contribution in [3.05, 3.63) is 40.1 Å². The van der Waals surface area contributed by atoms with Crippen LogP contribution >= 0.6 is 23.2 Å². The number of aryl methyl sites for hydroxylation is 1. The second-order valence-corrected chi connectivity index (χ2v) is 3.70. The monoisotopic (exact) mass is 211 g/mol. The van der Waals surface area contributed by atoms with Crippen molar-refractivity contribution in [3.63, 3.8) is 0 Å². The number of fused-ring (bicyclic) bond motifs is 1. The lowest BCUT2D eigenvalue weighted by atomic mass is 10.1. The minimum atomic E-state index is 0.674. The van der Waals surface area contributed by atoms with Gasteiger partial charge in [0.1, 0.15) is 0 Å². The maximum atomic E-state index is 6.02. The van der Waals surface area contributed by atoms with Crippen molar-refractivity contribution in [1.82, 2.24) is 4.98 Å². The van der Waals surface area contributed by atoms with Gasteiger partial charge in [-0.3, -0.25) is 4.98 Å². The van der Waals surface area contributed by atoms with E-state index in [1.807, 2.05) is 13.0 Å². The molecule has 3 heteroatoms. The van der Waals surface area contributed by atoms with Gasteiger partial charge >= 0.3 is 0 Å². The van der Waals surface area contributed by atoms with E-state index >= 15 is 0 Å². The third-order valence-corrected chi connectivity index (χ3v) is 2.80. The minimum absolute atomic E-state index is 0.674. The lowest BCUT2D eigenvalue weighted by Gasteiger charge is -2.05. The van der Waals surface area contributed by atoms with Crippen molar-refractivity contribution >= 4 is 34.0 Å². The van der Waals surface area contributed by atoms with Crippen molar-refractivity contribution in [1.29, 1.82) is 0 Å². The molecule has 0 spiro atoms. The molecule has 2 rings (SSSR count). The van der Waals surface area contributed by atoms with E-state index in [4.69, 9.17) is 23.2 Å². The second kappa shape index (κ2) is 3.17. The van der Waals surface area contributed by atoms with Crippen LogP contribution in [-0.2, 0) is 0 Å². The fourth-order valence-corrected chi connectivity index (χ4v) is 1.87. The minimum Gasteiger partial charge on any atom is -0.264 e. The van der Waals surface area contributed by atoms with Gasteiger partial charge in [-0.2, -0.15) is 0 Å². The van der Waals surface area contributed by atoms with E-state index in [0.717, 1.165) is 16.3 Å². The molecular formula is C10H7Cl2N. The largest absolute Gasteiger partial charge is 0.264 e. The molecule has 13 heavy (non-hydrogen) atoms. The zero-order valence-corrected chi connectivity index (χ0v) is 8.52. The molecule has 2 aromatic rings. The van der Waals surface area contributed by atoms with Crippen molar-refractivity contribution in [2.75, 3.05) is 0 Å². The van der Waals surface area contributed by atoms with Crippen molar-refractivity contribution in [2.45, 2.75) is 6.92 Å². The predicted octanol–water partition coefficient (Wildman–Crippen LogP) is 3.85. The van der Waals surface area contributed by atoms with Gasteiger partial charge in [0.05, 0.1) is 5.02 Å². The van der Waals surface area contributed by atoms with Crippen LogP contribution in [0.25, 0.3) is 10.8 Å². The van der Waals surface area contributed by atoms with Crippen molar-refractivity contribution in [3.8, 4) is 0 Å². The third-order valence-electron chi connectivity index (χ3n) is 2.09. The van der Waals surface area contributed by atoms with E-state index in [-0.39, 0.29) is 0 Å². The molecule has 1 aromatic heterocycles. The quantitative estimate of drug-likeness (QED) is 0.646. The molecule has 0 bridgehead atoms. The average molecular weight is 212 g/mol. The first-order valence-corrected chi connectivity index (χ1v) is 4.64. The standard InChI is InChI=1S/C10H7Cl2N/c1-6-8-5-13-3-2-7(8)10(12)4-9(6)11/h2-5H,1H3. The highest BCUT2D eigenvalue weighted by Crippen LogP contribution is 2.30. The number of pyridine rings is 1. The fourth-order valence-electron chi connectivity index (χ4n) is 1.33. The predicted molar refractivity (Wildman–Crippen MR) is 56.5 cm³/mol. The van der Waals surface area contributed by atoms with Crippen LogP contribution in [0, 0.1) is 6.92 Å². The first-order valence-electron chi connectivity index (χ1n) is 3.88. The zero-order chi connectivity index (χ0) is 9.42. The lowest BCUT2D eigenvalue weighted by molar-refractivity contribution is 1.35. The normalized spacial score (nSPS) is 10.7. The Balaban J connectivity index is 2.97. The van der Waals surface area contributed by atoms with Crippen LogP contribution in [0.1, 0.15) is 5.56 Å². The van der Waals surface area contributed by atoms with E-state index in [1.54, 1.807) is 18.5 Å². The van der Waals surface area contributed by atoms with Gasteiger partial charge in [0.2, 0.25) is 0 Å². The van der Waals surface area contributed by atoms with Crippen LogP contribution in [0.2, 0.25) is 10.0 Å². The van der Waals surface area contributed by atoms with Crippen molar-refractivity contribution < 1.29 is 0 Å². The molecule has 0 saturated carbocycles. The SMILES string of the molecule is Cc1c(Cl)cc(Cl)c2ccncc12. The van der Waals surface area contributed by atoms with Crippen LogP contribution in [0.3, 0.4) is 0 Å². The van der Waals surface area contributed by atoms with Gasteiger partial charge < -0.3 is 0 Å². The summed E-state index contributed by atoms with van der Waals surface area (Å²) in [5.74, 6) is 0. The summed E-state index contributed by atoms with van der Waals surface area (Å²) in [6, 6.07) is 3.65. The lowest BCUT2D eigenvalue weighted by Crippen LogP contribution is -1.82. The Labute approximate surface area is 86.3 Å². The summed E-state index contributed by atoms with van der Waals surface area (Å²) in [5.41, 5.74) is 1.02. The van der Waals surface area contributed by atoms with E-state index in [1.165, 1.54) is 0 Å². The topological polar surface area (TPSA) is 12.9 Å². The van der Waals surface area contributed by atoms with Gasteiger partial charge in [-0.05, 0) is 24.6 Å². The molecule has 1 aromatic carbocycles. The molecule has 0 amide bonds. The highest BCUT2D eigenvalue weighted by molar-refractivity contribution is 6.39. The van der Waals surface area contributed by atoms with Crippen LogP contribution in [-0.4, -0.2) is 4.98 Å². The molecule has 0 N–H and O–H groups in total. The van der Waals surface area contributed by atoms with E-state index in [9.17, 15) is 0 Å². The summed E-state index contributed by atoms with van der Waals surface area (Å²) in [4.78, 5) is 4.04. The molecule has 0 fully saturated rings. The maximum absolute atomic E-state index is 6.02. The first kappa shape index (κ1) is 8.79. The van der Waals surface area contributed by atoms with Gasteiger partial charge in [-0.25, -0.2) is 0 Å². The van der Waals surface area contributed by atoms with E-state index < -0.39 is 0 Å². The Morgan fingerprint density at radius 2 is 1.92 bits per heavy atom.